The van der Waals surface area contributed by atoms with Crippen LogP contribution in [-0.4, -0.2) is 32.8 Å². The van der Waals surface area contributed by atoms with Gasteiger partial charge in [-0.15, -0.1) is 0 Å². The number of rotatable bonds is 2. The molecule has 2 aliphatic rings. The summed E-state index contributed by atoms with van der Waals surface area (Å²) >= 11 is 0. The van der Waals surface area contributed by atoms with Crippen molar-refractivity contribution in [2.75, 3.05) is 37.7 Å². The van der Waals surface area contributed by atoms with Crippen molar-refractivity contribution in [3.63, 3.8) is 0 Å². The smallest absolute Gasteiger partial charge is 0.0662 e. The first-order valence-corrected chi connectivity index (χ1v) is 6.57. The third kappa shape index (κ3) is 2.05. The molecule has 1 atom stereocenters. The molecule has 0 bridgehead atoms. The van der Waals surface area contributed by atoms with Crippen molar-refractivity contribution < 1.29 is 4.74 Å². The Kier molecular flexibility index (Phi) is 3.04. The van der Waals surface area contributed by atoms with Gasteiger partial charge in [0.2, 0.25) is 0 Å². The summed E-state index contributed by atoms with van der Waals surface area (Å²) < 4.78 is 5.53. The molecular weight excluding hydrogens is 212 g/mol. The Morgan fingerprint density at radius 3 is 3.18 bits per heavy atom. The van der Waals surface area contributed by atoms with Crippen LogP contribution in [0.4, 0.5) is 5.69 Å². The van der Waals surface area contributed by atoms with Gasteiger partial charge in [0.15, 0.2) is 0 Å². The van der Waals surface area contributed by atoms with E-state index in [1.165, 1.54) is 29.8 Å². The summed E-state index contributed by atoms with van der Waals surface area (Å²) in [4.78, 5) is 2.45. The van der Waals surface area contributed by atoms with Gasteiger partial charge in [-0.05, 0) is 30.5 Å². The highest BCUT2D eigenvalue weighted by Crippen LogP contribution is 2.30. The van der Waals surface area contributed by atoms with Crippen LogP contribution < -0.4 is 10.2 Å². The van der Waals surface area contributed by atoms with Crippen LogP contribution in [-0.2, 0) is 11.2 Å². The maximum Gasteiger partial charge on any atom is 0.0662 e. The van der Waals surface area contributed by atoms with Crippen molar-refractivity contribution in [3.8, 4) is 0 Å². The van der Waals surface area contributed by atoms with Gasteiger partial charge in [0, 0.05) is 25.3 Å². The summed E-state index contributed by atoms with van der Waals surface area (Å²) in [5, 5.41) is 3.51. The molecule has 0 saturated carbocycles. The van der Waals surface area contributed by atoms with Crippen LogP contribution >= 0.6 is 0 Å². The minimum atomic E-state index is 0.379. The van der Waals surface area contributed by atoms with Gasteiger partial charge in [0.1, 0.15) is 0 Å². The number of ether oxygens (including phenoxy) is 1. The molecule has 1 fully saturated rings. The van der Waals surface area contributed by atoms with Gasteiger partial charge >= 0.3 is 0 Å². The summed E-state index contributed by atoms with van der Waals surface area (Å²) in [7, 11) is 0. The van der Waals surface area contributed by atoms with Crippen molar-refractivity contribution in [1.82, 2.24) is 5.32 Å². The lowest BCUT2D eigenvalue weighted by molar-refractivity contribution is 0.0769. The first-order valence-electron chi connectivity index (χ1n) is 6.57. The number of fused-ring (bicyclic) bond motifs is 1. The Morgan fingerprint density at radius 1 is 1.47 bits per heavy atom. The molecule has 1 aromatic carbocycles. The lowest BCUT2D eigenvalue weighted by Crippen LogP contribution is -2.34. The third-order valence-electron chi connectivity index (χ3n) is 3.80. The highest BCUT2D eigenvalue weighted by atomic mass is 16.5. The molecule has 1 saturated heterocycles. The molecule has 0 amide bonds. The molecule has 2 aliphatic heterocycles. The zero-order valence-corrected chi connectivity index (χ0v) is 10.4. The van der Waals surface area contributed by atoms with Crippen LogP contribution in [0.3, 0.4) is 0 Å². The predicted octanol–water partition coefficient (Wildman–Crippen LogP) is 1.73. The second kappa shape index (κ2) is 4.67. The molecule has 92 valence electrons. The first kappa shape index (κ1) is 11.1. The van der Waals surface area contributed by atoms with Crippen molar-refractivity contribution in [1.29, 1.82) is 0 Å². The van der Waals surface area contributed by atoms with Crippen LogP contribution in [0, 0.1) is 0 Å². The Bertz CT molecular complexity index is 399. The summed E-state index contributed by atoms with van der Waals surface area (Å²) in [5.41, 5.74) is 4.30. The molecule has 0 spiro atoms. The standard InChI is InChI=1S/C14H20N2O/c1-2-16-7-5-12-9-11(3-4-14(12)16)13-10-17-8-6-15-13/h3-4,9,13,15H,2,5-8,10H2,1H3/t13-/m1/s1. The zero-order valence-electron chi connectivity index (χ0n) is 10.4. The molecule has 1 aromatic rings. The monoisotopic (exact) mass is 232 g/mol. The zero-order chi connectivity index (χ0) is 11.7. The van der Waals surface area contributed by atoms with Crippen LogP contribution in [0.1, 0.15) is 24.1 Å². The Balaban J connectivity index is 1.84. The third-order valence-corrected chi connectivity index (χ3v) is 3.80. The van der Waals surface area contributed by atoms with Crippen molar-refractivity contribution in [2.24, 2.45) is 0 Å². The summed E-state index contributed by atoms with van der Waals surface area (Å²) in [6, 6.07) is 7.26. The van der Waals surface area contributed by atoms with Gasteiger partial charge in [-0.3, -0.25) is 0 Å². The minimum Gasteiger partial charge on any atom is -0.378 e. The van der Waals surface area contributed by atoms with E-state index in [-0.39, 0.29) is 0 Å². The molecule has 1 N–H and O–H groups in total. The molecule has 3 nitrogen and oxygen atoms in total. The van der Waals surface area contributed by atoms with Crippen molar-refractivity contribution >= 4 is 5.69 Å². The lowest BCUT2D eigenvalue weighted by atomic mass is 10.0. The maximum absolute atomic E-state index is 5.53. The normalized spacial score (nSPS) is 23.8. The lowest BCUT2D eigenvalue weighted by Gasteiger charge is -2.25. The van der Waals surface area contributed by atoms with E-state index in [9.17, 15) is 0 Å². The van der Waals surface area contributed by atoms with E-state index >= 15 is 0 Å². The van der Waals surface area contributed by atoms with E-state index in [4.69, 9.17) is 4.74 Å². The molecule has 17 heavy (non-hydrogen) atoms. The molecule has 3 rings (SSSR count). The van der Waals surface area contributed by atoms with E-state index in [0.29, 0.717) is 6.04 Å². The van der Waals surface area contributed by atoms with Crippen LogP contribution in [0.25, 0.3) is 0 Å². The number of likely N-dealkylation sites (N-methyl/N-ethyl adjacent to an activating group) is 1. The number of benzene rings is 1. The highest BCUT2D eigenvalue weighted by Gasteiger charge is 2.21. The fourth-order valence-corrected chi connectivity index (χ4v) is 2.81. The molecule has 0 unspecified atom stereocenters. The second-order valence-corrected chi connectivity index (χ2v) is 4.80. The summed E-state index contributed by atoms with van der Waals surface area (Å²) in [6.45, 7) is 7.10. The van der Waals surface area contributed by atoms with Crippen molar-refractivity contribution in [3.05, 3.63) is 29.3 Å². The van der Waals surface area contributed by atoms with Crippen LogP contribution in [0.2, 0.25) is 0 Å². The predicted molar refractivity (Wildman–Crippen MR) is 69.6 cm³/mol. The largest absolute Gasteiger partial charge is 0.378 e. The Hall–Kier alpha value is -1.06. The van der Waals surface area contributed by atoms with Crippen molar-refractivity contribution in [2.45, 2.75) is 19.4 Å². The fourth-order valence-electron chi connectivity index (χ4n) is 2.81. The Labute approximate surface area is 103 Å². The number of anilines is 1. The number of hydrogen-bond donors (Lipinski definition) is 1. The van der Waals surface area contributed by atoms with Crippen LogP contribution in [0.5, 0.6) is 0 Å². The number of hydrogen-bond acceptors (Lipinski definition) is 3. The van der Waals surface area contributed by atoms with E-state index in [0.717, 1.165) is 26.3 Å². The molecule has 2 heterocycles. The van der Waals surface area contributed by atoms with Gasteiger partial charge in [-0.2, -0.15) is 0 Å². The fraction of sp³-hybridized carbons (Fsp3) is 0.571. The maximum atomic E-state index is 5.53. The van der Waals surface area contributed by atoms with E-state index < -0.39 is 0 Å². The van der Waals surface area contributed by atoms with E-state index in [1.54, 1.807) is 0 Å². The molecule has 0 aliphatic carbocycles. The summed E-state index contributed by atoms with van der Waals surface area (Å²) in [6.07, 6.45) is 1.19. The van der Waals surface area contributed by atoms with E-state index in [1.807, 2.05) is 0 Å². The number of morpholine rings is 1. The van der Waals surface area contributed by atoms with Gasteiger partial charge in [0.05, 0.1) is 19.3 Å². The van der Waals surface area contributed by atoms with E-state index in [2.05, 4.69) is 35.3 Å². The quantitative estimate of drug-likeness (QED) is 0.840. The van der Waals surface area contributed by atoms with Gasteiger partial charge in [-0.25, -0.2) is 0 Å². The average Bonchev–Trinajstić information content (AvgIpc) is 2.81. The molecule has 3 heteroatoms. The topological polar surface area (TPSA) is 24.5 Å². The number of nitrogens with one attached hydrogen (secondary N) is 1. The SMILES string of the molecule is CCN1CCc2cc([C@H]3COCCN3)ccc21. The minimum absolute atomic E-state index is 0.379. The first-order chi connectivity index (χ1) is 8.38. The van der Waals surface area contributed by atoms with Gasteiger partial charge in [-0.1, -0.05) is 12.1 Å². The highest BCUT2D eigenvalue weighted by molar-refractivity contribution is 5.59. The second-order valence-electron chi connectivity index (χ2n) is 4.80. The average molecular weight is 232 g/mol. The molecular formula is C14H20N2O. The Morgan fingerprint density at radius 2 is 2.41 bits per heavy atom. The number of nitrogens with zero attached hydrogens (tertiary/aromatic N) is 1. The summed E-state index contributed by atoms with van der Waals surface area (Å²) in [5.74, 6) is 0. The van der Waals surface area contributed by atoms with Crippen LogP contribution in [0.15, 0.2) is 18.2 Å². The molecule has 0 radical (unpaired) electrons. The van der Waals surface area contributed by atoms with Gasteiger partial charge in [0.25, 0.3) is 0 Å². The molecule has 0 aromatic heterocycles. The van der Waals surface area contributed by atoms with Gasteiger partial charge < -0.3 is 15.0 Å².